The lowest BCUT2D eigenvalue weighted by Gasteiger charge is -2.14. The zero-order chi connectivity index (χ0) is 23.8. The first kappa shape index (κ1) is 22.3. The van der Waals surface area contributed by atoms with Gasteiger partial charge in [0.15, 0.2) is 11.4 Å². The van der Waals surface area contributed by atoms with Gasteiger partial charge in [-0.15, -0.1) is 0 Å². The highest BCUT2D eigenvalue weighted by atomic mass is 35.5. The highest BCUT2D eigenvalue weighted by Crippen LogP contribution is 2.38. The lowest BCUT2D eigenvalue weighted by Crippen LogP contribution is -2.21. The number of hydrazone groups is 1. The van der Waals surface area contributed by atoms with Crippen LogP contribution in [0, 0.1) is 0 Å². The summed E-state index contributed by atoms with van der Waals surface area (Å²) in [6, 6.07) is 11.6. The largest absolute Gasteiger partial charge is 0.437 e. The SMILES string of the molecule is CC1=NN(c2cccc(NC(=O)Oc3cnn(-c4ccc(Cl)cc4)c3C(F)(F)F)c2)C(=O)C1. The predicted molar refractivity (Wildman–Crippen MR) is 115 cm³/mol. The van der Waals surface area contributed by atoms with Crippen LogP contribution in [0.25, 0.3) is 5.69 Å². The van der Waals surface area contributed by atoms with Crippen molar-refractivity contribution in [1.29, 1.82) is 0 Å². The number of nitrogens with zero attached hydrogens (tertiary/aromatic N) is 4. The number of ether oxygens (including phenoxy) is 1. The first-order valence-electron chi connectivity index (χ1n) is 9.49. The monoisotopic (exact) mass is 477 g/mol. The third kappa shape index (κ3) is 4.82. The van der Waals surface area contributed by atoms with Gasteiger partial charge < -0.3 is 4.74 Å². The van der Waals surface area contributed by atoms with Crippen LogP contribution in [0.4, 0.5) is 29.3 Å². The molecule has 2 heterocycles. The van der Waals surface area contributed by atoms with Crippen LogP contribution < -0.4 is 15.1 Å². The van der Waals surface area contributed by atoms with E-state index in [0.717, 1.165) is 6.20 Å². The highest BCUT2D eigenvalue weighted by Gasteiger charge is 2.40. The molecule has 1 aromatic heterocycles. The molecular weight excluding hydrogens is 463 g/mol. The molecule has 2 aromatic carbocycles. The molecule has 0 atom stereocenters. The number of carbonyl (C=O) groups is 2. The van der Waals surface area contributed by atoms with E-state index in [1.807, 2.05) is 0 Å². The number of benzene rings is 2. The van der Waals surface area contributed by atoms with Crippen LogP contribution in [0.2, 0.25) is 5.02 Å². The van der Waals surface area contributed by atoms with Crippen molar-refractivity contribution < 1.29 is 27.5 Å². The summed E-state index contributed by atoms with van der Waals surface area (Å²) in [5.74, 6) is -1.02. The van der Waals surface area contributed by atoms with E-state index in [9.17, 15) is 22.8 Å². The summed E-state index contributed by atoms with van der Waals surface area (Å²) in [7, 11) is 0. The number of nitrogens with one attached hydrogen (secondary N) is 1. The number of amides is 2. The van der Waals surface area contributed by atoms with Gasteiger partial charge in [0.2, 0.25) is 0 Å². The van der Waals surface area contributed by atoms with E-state index in [4.69, 9.17) is 16.3 Å². The van der Waals surface area contributed by atoms with Crippen LogP contribution in [0.3, 0.4) is 0 Å². The number of aromatic nitrogens is 2. The second-order valence-electron chi connectivity index (χ2n) is 7.03. The maximum Gasteiger partial charge on any atom is 0.437 e. The van der Waals surface area contributed by atoms with E-state index < -0.39 is 23.7 Å². The van der Waals surface area contributed by atoms with E-state index >= 15 is 0 Å². The molecule has 1 aliphatic rings. The first-order chi connectivity index (χ1) is 15.6. The predicted octanol–water partition coefficient (Wildman–Crippen LogP) is 5.27. The Morgan fingerprint density at radius 3 is 2.52 bits per heavy atom. The number of carbonyl (C=O) groups excluding carboxylic acids is 2. The van der Waals surface area contributed by atoms with Crippen LogP contribution >= 0.6 is 11.6 Å². The third-order valence-electron chi connectivity index (χ3n) is 4.53. The Balaban J connectivity index is 1.55. The van der Waals surface area contributed by atoms with Crippen LogP contribution in [0.5, 0.6) is 5.75 Å². The maximum absolute atomic E-state index is 13.7. The average Bonchev–Trinajstić information content (AvgIpc) is 3.31. The van der Waals surface area contributed by atoms with Crippen LogP contribution in [0.15, 0.2) is 59.8 Å². The van der Waals surface area contributed by atoms with Crippen molar-refractivity contribution in [2.45, 2.75) is 19.5 Å². The van der Waals surface area contributed by atoms with Gasteiger partial charge in [0, 0.05) is 16.4 Å². The minimum Gasteiger partial charge on any atom is -0.406 e. The number of rotatable bonds is 4. The van der Waals surface area contributed by atoms with Gasteiger partial charge in [-0.3, -0.25) is 10.1 Å². The molecule has 0 radical (unpaired) electrons. The lowest BCUT2D eigenvalue weighted by molar-refractivity contribution is -0.143. The number of hydrogen-bond acceptors (Lipinski definition) is 5. The molecule has 0 fully saturated rings. The molecular formula is C21H15ClF3N5O3. The lowest BCUT2D eigenvalue weighted by atomic mass is 10.2. The van der Waals surface area contributed by atoms with E-state index in [-0.39, 0.29) is 23.7 Å². The molecule has 1 aliphatic heterocycles. The molecule has 0 spiro atoms. The van der Waals surface area contributed by atoms with Gasteiger partial charge in [0.1, 0.15) is 0 Å². The maximum atomic E-state index is 13.7. The summed E-state index contributed by atoms with van der Waals surface area (Å²) in [5.41, 5.74) is 0.0436. The molecule has 0 aliphatic carbocycles. The van der Waals surface area contributed by atoms with Crippen LogP contribution in [0.1, 0.15) is 19.0 Å². The molecule has 0 bridgehead atoms. The van der Waals surface area contributed by atoms with Gasteiger partial charge >= 0.3 is 12.3 Å². The molecule has 0 unspecified atom stereocenters. The second-order valence-corrected chi connectivity index (χ2v) is 7.46. The van der Waals surface area contributed by atoms with E-state index in [2.05, 4.69) is 15.5 Å². The zero-order valence-electron chi connectivity index (χ0n) is 16.9. The van der Waals surface area contributed by atoms with Gasteiger partial charge in [0.05, 0.1) is 24.0 Å². The standard InChI is InChI=1S/C21H15ClF3N5O3/c1-12-9-18(31)29(28-12)16-4-2-3-14(10-16)27-20(32)33-17-11-26-30(19(17)21(23,24)25)15-7-5-13(22)6-8-15/h2-8,10-11H,9H2,1H3,(H,27,32). The molecule has 12 heteroatoms. The van der Waals surface area contributed by atoms with E-state index in [0.29, 0.717) is 21.1 Å². The quantitative estimate of drug-likeness (QED) is 0.554. The summed E-state index contributed by atoms with van der Waals surface area (Å²) in [5, 5.41) is 11.7. The Hall–Kier alpha value is -3.86. The van der Waals surface area contributed by atoms with Gasteiger partial charge in [-0.2, -0.15) is 23.4 Å². The summed E-state index contributed by atoms with van der Waals surface area (Å²) in [4.78, 5) is 24.3. The van der Waals surface area contributed by atoms with E-state index in [1.54, 1.807) is 19.1 Å². The van der Waals surface area contributed by atoms with Crippen LogP contribution in [-0.2, 0) is 11.0 Å². The summed E-state index contributed by atoms with van der Waals surface area (Å²) in [6.45, 7) is 1.71. The fraction of sp³-hybridized carbons (Fsp3) is 0.143. The number of anilines is 2. The number of hydrogen-bond donors (Lipinski definition) is 1. The van der Waals surface area contributed by atoms with Crippen molar-refractivity contribution in [2.75, 3.05) is 10.3 Å². The molecule has 4 rings (SSSR count). The molecule has 3 aromatic rings. The van der Waals surface area contributed by atoms with Gasteiger partial charge in [-0.1, -0.05) is 17.7 Å². The van der Waals surface area contributed by atoms with Gasteiger partial charge in [-0.05, 0) is 49.4 Å². The smallest absolute Gasteiger partial charge is 0.406 e. The Morgan fingerprint density at radius 1 is 1.15 bits per heavy atom. The third-order valence-corrected chi connectivity index (χ3v) is 4.78. The average molecular weight is 478 g/mol. The Morgan fingerprint density at radius 2 is 1.88 bits per heavy atom. The van der Waals surface area contributed by atoms with Crippen molar-refractivity contribution in [1.82, 2.24) is 9.78 Å². The van der Waals surface area contributed by atoms with Crippen molar-refractivity contribution in [2.24, 2.45) is 5.10 Å². The fourth-order valence-electron chi connectivity index (χ4n) is 3.16. The summed E-state index contributed by atoms with van der Waals surface area (Å²) in [6.07, 6.45) is -5.05. The second kappa shape index (κ2) is 8.58. The molecule has 0 saturated carbocycles. The fourth-order valence-corrected chi connectivity index (χ4v) is 3.29. The molecule has 8 nitrogen and oxygen atoms in total. The van der Waals surface area contributed by atoms with Gasteiger partial charge in [0.25, 0.3) is 5.91 Å². The Kier molecular flexibility index (Phi) is 5.81. The molecule has 1 N–H and O–H groups in total. The first-order valence-corrected chi connectivity index (χ1v) is 9.87. The molecule has 0 saturated heterocycles. The van der Waals surface area contributed by atoms with Crippen molar-refractivity contribution in [3.8, 4) is 11.4 Å². The number of alkyl halides is 3. The number of halogens is 4. The van der Waals surface area contributed by atoms with Crippen molar-refractivity contribution in [3.63, 3.8) is 0 Å². The highest BCUT2D eigenvalue weighted by molar-refractivity contribution is 6.30. The minimum atomic E-state index is -4.86. The van der Waals surface area contributed by atoms with Crippen molar-refractivity contribution in [3.05, 3.63) is 65.4 Å². The summed E-state index contributed by atoms with van der Waals surface area (Å²) >= 11 is 5.79. The zero-order valence-corrected chi connectivity index (χ0v) is 17.7. The Labute approximate surface area is 190 Å². The Bertz CT molecular complexity index is 1250. The minimum absolute atomic E-state index is 0.0841. The molecule has 33 heavy (non-hydrogen) atoms. The van der Waals surface area contributed by atoms with Crippen molar-refractivity contribution >= 4 is 40.7 Å². The van der Waals surface area contributed by atoms with Gasteiger partial charge in [-0.25, -0.2) is 14.5 Å². The molecule has 2 amide bonds. The topological polar surface area (TPSA) is 88.8 Å². The normalized spacial score (nSPS) is 13.8. The summed E-state index contributed by atoms with van der Waals surface area (Å²) < 4.78 is 46.7. The van der Waals surface area contributed by atoms with Crippen LogP contribution in [-0.4, -0.2) is 27.5 Å². The molecule has 170 valence electrons. The van der Waals surface area contributed by atoms with E-state index in [1.165, 1.54) is 41.4 Å².